The Labute approximate surface area is 182 Å². The average molecular weight is 445 g/mol. The molecule has 1 aromatic heterocycles. The number of ether oxygens (including phenoxy) is 1. The predicted octanol–water partition coefficient (Wildman–Crippen LogP) is 5.56. The lowest BCUT2D eigenvalue weighted by molar-refractivity contribution is -0.139. The largest absolute Gasteiger partial charge is 0.482 e. The van der Waals surface area contributed by atoms with Crippen LogP contribution in [-0.4, -0.2) is 22.7 Å². The van der Waals surface area contributed by atoms with Gasteiger partial charge in [-0.25, -0.2) is 9.78 Å². The van der Waals surface area contributed by atoms with E-state index in [4.69, 9.17) is 14.3 Å². The first-order chi connectivity index (χ1) is 15.3. The Morgan fingerprint density at radius 1 is 1.22 bits per heavy atom. The molecule has 0 bridgehead atoms. The summed E-state index contributed by atoms with van der Waals surface area (Å²) in [4.78, 5) is 15.2. The van der Waals surface area contributed by atoms with Crippen molar-refractivity contribution in [2.75, 3.05) is 6.61 Å². The molecule has 0 aliphatic heterocycles. The molecule has 1 N–H and O–H groups in total. The van der Waals surface area contributed by atoms with E-state index < -0.39 is 17.7 Å². The van der Waals surface area contributed by atoms with Gasteiger partial charge in [0.05, 0.1) is 5.56 Å². The molecule has 0 saturated heterocycles. The van der Waals surface area contributed by atoms with E-state index in [-0.39, 0.29) is 6.61 Å². The average Bonchev–Trinajstić information content (AvgIpc) is 3.24. The van der Waals surface area contributed by atoms with Crippen LogP contribution in [-0.2, 0) is 30.2 Å². The van der Waals surface area contributed by atoms with Gasteiger partial charge in [-0.2, -0.15) is 13.2 Å². The highest BCUT2D eigenvalue weighted by atomic mass is 19.4. The molecule has 0 saturated carbocycles. The molecular formula is C24H22F3NO4. The summed E-state index contributed by atoms with van der Waals surface area (Å²) in [5.41, 5.74) is 2.26. The molecule has 1 heterocycles. The maximum absolute atomic E-state index is 12.9. The molecule has 32 heavy (non-hydrogen) atoms. The van der Waals surface area contributed by atoms with E-state index in [9.17, 15) is 18.0 Å². The number of aliphatic carboxylic acids is 1. The molecule has 4 rings (SSSR count). The van der Waals surface area contributed by atoms with Gasteiger partial charge in [-0.15, -0.1) is 0 Å². The summed E-state index contributed by atoms with van der Waals surface area (Å²) in [6.45, 7) is -0.363. The number of hydrogen-bond donors (Lipinski definition) is 1. The second-order valence-corrected chi connectivity index (χ2v) is 7.93. The lowest BCUT2D eigenvalue weighted by atomic mass is 9.81. The molecule has 1 aliphatic rings. The Hall–Kier alpha value is -3.29. The van der Waals surface area contributed by atoms with Gasteiger partial charge in [-0.05, 0) is 60.9 Å². The number of rotatable bonds is 7. The number of hydrogen-bond acceptors (Lipinski definition) is 4. The first kappa shape index (κ1) is 21.9. The van der Waals surface area contributed by atoms with Crippen molar-refractivity contribution in [2.45, 2.75) is 38.3 Å². The standard InChI is InChI=1S/C24H22F3NO4/c25-24(26,27)18-5-1-4-17(12-18)20-13-32-22(28-20)10-8-15-7-9-19-16(11-15)3-2-6-21(19)31-14-23(29)30/h1-6,12-13,15H,7-11,14H2,(H,29,30). The van der Waals surface area contributed by atoms with Crippen LogP contribution in [0.15, 0.2) is 53.1 Å². The number of alkyl halides is 3. The summed E-state index contributed by atoms with van der Waals surface area (Å²) in [6, 6.07) is 10.7. The predicted molar refractivity (Wildman–Crippen MR) is 110 cm³/mol. The minimum absolute atomic E-state index is 0.363. The lowest BCUT2D eigenvalue weighted by Gasteiger charge is -2.25. The Morgan fingerprint density at radius 3 is 2.81 bits per heavy atom. The normalized spacial score (nSPS) is 15.9. The number of nitrogens with zero attached hydrogens (tertiary/aromatic N) is 1. The quantitative estimate of drug-likeness (QED) is 0.515. The molecule has 1 unspecified atom stereocenters. The van der Waals surface area contributed by atoms with Gasteiger partial charge in [-0.3, -0.25) is 0 Å². The Bertz CT molecular complexity index is 1110. The van der Waals surface area contributed by atoms with Crippen molar-refractivity contribution < 1.29 is 32.2 Å². The molecule has 3 aromatic rings. The van der Waals surface area contributed by atoms with Crippen molar-refractivity contribution in [3.05, 3.63) is 71.3 Å². The number of fused-ring (bicyclic) bond motifs is 1. The van der Waals surface area contributed by atoms with E-state index in [0.29, 0.717) is 35.2 Å². The van der Waals surface area contributed by atoms with Crippen LogP contribution >= 0.6 is 0 Å². The van der Waals surface area contributed by atoms with Crippen LogP contribution in [0.4, 0.5) is 13.2 Å². The van der Waals surface area contributed by atoms with Crippen molar-refractivity contribution in [3.8, 4) is 17.0 Å². The smallest absolute Gasteiger partial charge is 0.416 e. The molecule has 5 nitrogen and oxygen atoms in total. The fraction of sp³-hybridized carbons (Fsp3) is 0.333. The van der Waals surface area contributed by atoms with Crippen LogP contribution in [0.5, 0.6) is 5.75 Å². The first-order valence-corrected chi connectivity index (χ1v) is 10.4. The fourth-order valence-electron chi connectivity index (χ4n) is 4.11. The van der Waals surface area contributed by atoms with Crippen molar-refractivity contribution >= 4 is 5.97 Å². The number of benzene rings is 2. The molecule has 0 amide bonds. The highest BCUT2D eigenvalue weighted by molar-refractivity contribution is 5.68. The topological polar surface area (TPSA) is 72.6 Å². The van der Waals surface area contributed by atoms with Crippen LogP contribution in [0.25, 0.3) is 11.3 Å². The second-order valence-electron chi connectivity index (χ2n) is 7.93. The summed E-state index contributed by atoms with van der Waals surface area (Å²) in [6.07, 6.45) is 1.00. The van der Waals surface area contributed by atoms with E-state index in [1.165, 1.54) is 12.3 Å². The molecule has 0 spiro atoms. The third-order valence-electron chi connectivity index (χ3n) is 5.70. The SMILES string of the molecule is O=C(O)COc1cccc2c1CCC(CCc1nc(-c3cccc(C(F)(F)F)c3)co1)C2. The van der Waals surface area contributed by atoms with E-state index in [0.717, 1.165) is 48.9 Å². The van der Waals surface area contributed by atoms with Gasteiger partial charge in [0, 0.05) is 12.0 Å². The maximum Gasteiger partial charge on any atom is 0.416 e. The summed E-state index contributed by atoms with van der Waals surface area (Å²) in [5, 5.41) is 8.83. The zero-order chi connectivity index (χ0) is 22.7. The molecular weight excluding hydrogens is 423 g/mol. The van der Waals surface area contributed by atoms with Crippen molar-refractivity contribution in [3.63, 3.8) is 0 Å². The number of carbonyl (C=O) groups is 1. The van der Waals surface area contributed by atoms with Gasteiger partial charge in [0.2, 0.25) is 0 Å². The summed E-state index contributed by atoms with van der Waals surface area (Å²) in [7, 11) is 0. The molecule has 0 fully saturated rings. The summed E-state index contributed by atoms with van der Waals surface area (Å²) >= 11 is 0. The molecule has 0 radical (unpaired) electrons. The van der Waals surface area contributed by atoms with Gasteiger partial charge in [0.1, 0.15) is 17.7 Å². The highest BCUT2D eigenvalue weighted by Crippen LogP contribution is 2.35. The minimum Gasteiger partial charge on any atom is -0.482 e. The molecule has 1 aliphatic carbocycles. The molecule has 8 heteroatoms. The van der Waals surface area contributed by atoms with Crippen LogP contribution < -0.4 is 4.74 Å². The Balaban J connectivity index is 1.38. The molecule has 168 valence electrons. The Kier molecular flexibility index (Phi) is 6.21. The molecule has 2 aromatic carbocycles. The zero-order valence-corrected chi connectivity index (χ0v) is 17.2. The first-order valence-electron chi connectivity index (χ1n) is 10.4. The van der Waals surface area contributed by atoms with Crippen LogP contribution in [0, 0.1) is 5.92 Å². The number of halogens is 3. The van der Waals surface area contributed by atoms with E-state index >= 15 is 0 Å². The van der Waals surface area contributed by atoms with Crippen LogP contribution in [0.2, 0.25) is 0 Å². The van der Waals surface area contributed by atoms with Gasteiger partial charge in [0.25, 0.3) is 0 Å². The number of aryl methyl sites for hydroxylation is 1. The number of aromatic nitrogens is 1. The fourth-order valence-corrected chi connectivity index (χ4v) is 4.11. The van der Waals surface area contributed by atoms with Gasteiger partial charge in [0.15, 0.2) is 12.5 Å². The van der Waals surface area contributed by atoms with Crippen molar-refractivity contribution in [1.82, 2.24) is 4.98 Å². The van der Waals surface area contributed by atoms with Crippen LogP contribution in [0.1, 0.15) is 35.4 Å². The number of carboxylic acids is 1. The third kappa shape index (κ3) is 5.12. The third-order valence-corrected chi connectivity index (χ3v) is 5.70. The lowest BCUT2D eigenvalue weighted by Crippen LogP contribution is -2.17. The van der Waals surface area contributed by atoms with E-state index in [2.05, 4.69) is 4.98 Å². The number of oxazole rings is 1. The van der Waals surface area contributed by atoms with Crippen LogP contribution in [0.3, 0.4) is 0 Å². The second kappa shape index (κ2) is 9.06. The Morgan fingerprint density at radius 2 is 2.03 bits per heavy atom. The monoisotopic (exact) mass is 445 g/mol. The van der Waals surface area contributed by atoms with E-state index in [1.54, 1.807) is 12.1 Å². The minimum atomic E-state index is -4.40. The zero-order valence-electron chi connectivity index (χ0n) is 17.2. The maximum atomic E-state index is 12.9. The van der Waals surface area contributed by atoms with Gasteiger partial charge >= 0.3 is 12.1 Å². The molecule has 1 atom stereocenters. The van der Waals surface area contributed by atoms with E-state index in [1.807, 2.05) is 12.1 Å². The van der Waals surface area contributed by atoms with Crippen molar-refractivity contribution in [2.24, 2.45) is 5.92 Å². The summed E-state index contributed by atoms with van der Waals surface area (Å²) < 4.78 is 49.8. The van der Waals surface area contributed by atoms with Gasteiger partial charge in [-0.1, -0.05) is 24.3 Å². The summed E-state index contributed by atoms with van der Waals surface area (Å²) in [5.74, 6) is 0.524. The van der Waals surface area contributed by atoms with Gasteiger partial charge < -0.3 is 14.3 Å². The van der Waals surface area contributed by atoms with Crippen molar-refractivity contribution in [1.29, 1.82) is 0 Å². The number of carboxylic acid groups (broad SMARTS) is 1. The highest BCUT2D eigenvalue weighted by Gasteiger charge is 2.30.